The Labute approximate surface area is 228 Å². The van der Waals surface area contributed by atoms with Gasteiger partial charge < -0.3 is 25.2 Å². The average molecular weight is 526 g/mol. The van der Waals surface area contributed by atoms with Gasteiger partial charge in [-0.1, -0.05) is 25.1 Å². The van der Waals surface area contributed by atoms with Crippen molar-refractivity contribution in [2.75, 3.05) is 10.2 Å². The van der Waals surface area contributed by atoms with E-state index in [1.54, 1.807) is 12.3 Å². The maximum Gasteiger partial charge on any atom is 0.224 e. The van der Waals surface area contributed by atoms with E-state index in [2.05, 4.69) is 44.1 Å². The van der Waals surface area contributed by atoms with E-state index >= 15 is 0 Å². The zero-order valence-electron chi connectivity index (χ0n) is 21.9. The van der Waals surface area contributed by atoms with Crippen molar-refractivity contribution in [1.29, 1.82) is 0 Å². The third-order valence-corrected chi connectivity index (χ3v) is 7.41. The molecule has 1 amide bonds. The first-order valence-electron chi connectivity index (χ1n) is 12.7. The molecule has 1 aliphatic rings. The third kappa shape index (κ3) is 4.52. The van der Waals surface area contributed by atoms with E-state index in [4.69, 9.17) is 12.2 Å². The number of amides is 1. The Morgan fingerprint density at radius 3 is 2.53 bits per heavy atom. The van der Waals surface area contributed by atoms with Crippen LogP contribution in [0.1, 0.15) is 53.6 Å². The van der Waals surface area contributed by atoms with Crippen LogP contribution >= 0.6 is 12.2 Å². The summed E-state index contributed by atoms with van der Waals surface area (Å²) in [5.41, 5.74) is 7.37. The lowest BCUT2D eigenvalue weighted by molar-refractivity contribution is -0.115. The van der Waals surface area contributed by atoms with E-state index < -0.39 is 0 Å². The summed E-state index contributed by atoms with van der Waals surface area (Å²) in [5, 5.41) is 17.7. The molecule has 3 heterocycles. The van der Waals surface area contributed by atoms with Gasteiger partial charge in [0.25, 0.3) is 0 Å². The minimum atomic E-state index is -0.196. The van der Waals surface area contributed by atoms with E-state index in [1.165, 1.54) is 0 Å². The van der Waals surface area contributed by atoms with Gasteiger partial charge in [-0.3, -0.25) is 9.78 Å². The SMILES string of the molecule is CCC(=O)Nc1ccc(N2C(=S)N[C@@H](c3ccccn3)[C@@H]2c2cc(C)n(-c3ccccc3O)c2C)cc1C. The van der Waals surface area contributed by atoms with Gasteiger partial charge in [0.15, 0.2) is 5.11 Å². The summed E-state index contributed by atoms with van der Waals surface area (Å²) in [4.78, 5) is 18.8. The van der Waals surface area contributed by atoms with Gasteiger partial charge in [0.2, 0.25) is 5.91 Å². The normalized spacial score (nSPS) is 16.9. The predicted molar refractivity (Wildman–Crippen MR) is 155 cm³/mol. The Bertz CT molecular complexity index is 1510. The second kappa shape index (κ2) is 10.3. The van der Waals surface area contributed by atoms with E-state index in [0.717, 1.165) is 45.3 Å². The number of anilines is 2. The largest absolute Gasteiger partial charge is 0.506 e. The van der Waals surface area contributed by atoms with Gasteiger partial charge in [-0.2, -0.15) is 0 Å². The average Bonchev–Trinajstić information content (AvgIpc) is 3.41. The number of benzene rings is 2. The summed E-state index contributed by atoms with van der Waals surface area (Å²) < 4.78 is 2.08. The molecule has 0 spiro atoms. The van der Waals surface area contributed by atoms with E-state index in [-0.39, 0.29) is 23.7 Å². The standard InChI is InChI=1S/C30H31N5O2S/c1-5-27(37)32-23-14-13-21(16-18(23)2)35-29(28(33-30(35)38)24-10-8-9-15-31-24)22-17-19(3)34(20(22)4)25-11-6-7-12-26(25)36/h6-17,28-29,36H,5H2,1-4H3,(H,32,37)(H,33,38)/t28-,29-/m0/s1. The second-order valence-electron chi connectivity index (χ2n) is 9.55. The molecular weight excluding hydrogens is 494 g/mol. The number of carbonyl (C=O) groups excluding carboxylic acids is 1. The van der Waals surface area contributed by atoms with Gasteiger partial charge in [0, 0.05) is 35.4 Å². The number of aromatic hydroxyl groups is 1. The number of phenolic OH excluding ortho intramolecular Hbond substituents is 1. The number of nitrogens with one attached hydrogen (secondary N) is 2. The lowest BCUT2D eigenvalue weighted by atomic mass is 9.96. The highest BCUT2D eigenvalue weighted by Gasteiger charge is 2.42. The summed E-state index contributed by atoms with van der Waals surface area (Å²) in [6.07, 6.45) is 2.21. The molecule has 2 aromatic heterocycles. The van der Waals surface area contributed by atoms with Crippen LogP contribution in [0.15, 0.2) is 72.9 Å². The molecule has 2 atom stereocenters. The molecule has 38 heavy (non-hydrogen) atoms. The van der Waals surface area contributed by atoms with Gasteiger partial charge in [0.1, 0.15) is 5.75 Å². The molecule has 0 radical (unpaired) electrons. The van der Waals surface area contributed by atoms with Gasteiger partial charge in [0.05, 0.1) is 23.5 Å². The number of pyridine rings is 1. The molecule has 7 nitrogen and oxygen atoms in total. The monoisotopic (exact) mass is 525 g/mol. The lowest BCUT2D eigenvalue weighted by Gasteiger charge is -2.29. The Morgan fingerprint density at radius 1 is 1.08 bits per heavy atom. The highest BCUT2D eigenvalue weighted by atomic mass is 32.1. The molecule has 1 fully saturated rings. The number of para-hydroxylation sites is 2. The first-order chi connectivity index (χ1) is 18.3. The Balaban J connectivity index is 1.64. The molecule has 194 valence electrons. The molecule has 0 bridgehead atoms. The predicted octanol–water partition coefficient (Wildman–Crippen LogP) is 6.03. The van der Waals surface area contributed by atoms with Crippen LogP contribution in [0, 0.1) is 20.8 Å². The number of hydrogen-bond acceptors (Lipinski definition) is 4. The zero-order chi connectivity index (χ0) is 27.0. The van der Waals surface area contributed by atoms with E-state index in [0.29, 0.717) is 11.5 Å². The van der Waals surface area contributed by atoms with Crippen molar-refractivity contribution in [3.63, 3.8) is 0 Å². The summed E-state index contributed by atoms with van der Waals surface area (Å²) >= 11 is 5.91. The van der Waals surface area contributed by atoms with Crippen LogP contribution in [0.25, 0.3) is 5.69 Å². The summed E-state index contributed by atoms with van der Waals surface area (Å²) in [7, 11) is 0. The van der Waals surface area contributed by atoms with Crippen LogP contribution in [-0.4, -0.2) is 25.7 Å². The minimum Gasteiger partial charge on any atom is -0.506 e. The fraction of sp³-hybridized carbons (Fsp3) is 0.233. The van der Waals surface area contributed by atoms with Crippen LogP contribution in [-0.2, 0) is 4.79 Å². The summed E-state index contributed by atoms with van der Waals surface area (Å²) in [5.74, 6) is 0.197. The van der Waals surface area contributed by atoms with Crippen molar-refractivity contribution in [1.82, 2.24) is 14.9 Å². The van der Waals surface area contributed by atoms with Crippen molar-refractivity contribution in [3.8, 4) is 11.4 Å². The molecule has 0 unspecified atom stereocenters. The molecule has 0 saturated carbocycles. The number of aromatic nitrogens is 2. The van der Waals surface area contributed by atoms with E-state index in [1.807, 2.05) is 69.3 Å². The maximum atomic E-state index is 12.0. The molecular formula is C30H31N5O2S. The second-order valence-corrected chi connectivity index (χ2v) is 9.93. The summed E-state index contributed by atoms with van der Waals surface area (Å²) in [6.45, 7) is 7.93. The van der Waals surface area contributed by atoms with Crippen LogP contribution in [0.4, 0.5) is 11.4 Å². The number of aryl methyl sites for hydroxylation is 2. The quantitative estimate of drug-likeness (QED) is 0.267. The van der Waals surface area contributed by atoms with Crippen LogP contribution < -0.4 is 15.5 Å². The van der Waals surface area contributed by atoms with Crippen LogP contribution in [0.2, 0.25) is 0 Å². The number of rotatable bonds is 6. The van der Waals surface area contributed by atoms with Crippen LogP contribution in [0.5, 0.6) is 5.75 Å². The third-order valence-electron chi connectivity index (χ3n) is 7.09. The van der Waals surface area contributed by atoms with Crippen LogP contribution in [0.3, 0.4) is 0 Å². The molecule has 1 aliphatic heterocycles. The first kappa shape index (κ1) is 25.5. The van der Waals surface area contributed by atoms with Crippen molar-refractivity contribution in [2.24, 2.45) is 0 Å². The zero-order valence-corrected chi connectivity index (χ0v) is 22.7. The highest BCUT2D eigenvalue weighted by Crippen LogP contribution is 2.44. The number of phenols is 1. The number of thiocarbonyl (C=S) groups is 1. The highest BCUT2D eigenvalue weighted by molar-refractivity contribution is 7.80. The van der Waals surface area contributed by atoms with Crippen molar-refractivity contribution in [2.45, 2.75) is 46.2 Å². The van der Waals surface area contributed by atoms with Gasteiger partial charge in [-0.25, -0.2) is 0 Å². The van der Waals surface area contributed by atoms with E-state index in [9.17, 15) is 9.90 Å². The fourth-order valence-corrected chi connectivity index (χ4v) is 5.58. The first-order valence-corrected chi connectivity index (χ1v) is 13.1. The Hall–Kier alpha value is -4.17. The van der Waals surface area contributed by atoms with Crippen molar-refractivity contribution in [3.05, 3.63) is 101 Å². The summed E-state index contributed by atoms with van der Waals surface area (Å²) in [6, 6.07) is 21.0. The van der Waals surface area contributed by atoms with Crippen molar-refractivity contribution >= 4 is 34.6 Å². The molecule has 4 aromatic rings. The number of nitrogens with zero attached hydrogens (tertiary/aromatic N) is 3. The molecule has 3 N–H and O–H groups in total. The van der Waals surface area contributed by atoms with Gasteiger partial charge in [-0.05, 0) is 92.6 Å². The van der Waals surface area contributed by atoms with Crippen molar-refractivity contribution < 1.29 is 9.90 Å². The number of carbonyl (C=O) groups is 1. The molecule has 0 aliphatic carbocycles. The topological polar surface area (TPSA) is 82.4 Å². The minimum absolute atomic E-state index is 0.0242. The fourth-order valence-electron chi connectivity index (χ4n) is 5.24. The molecule has 2 aromatic carbocycles. The molecule has 5 rings (SSSR count). The molecule has 8 heteroatoms. The smallest absolute Gasteiger partial charge is 0.224 e. The van der Waals surface area contributed by atoms with Gasteiger partial charge in [-0.15, -0.1) is 0 Å². The Morgan fingerprint density at radius 2 is 1.84 bits per heavy atom. The lowest BCUT2D eigenvalue weighted by Crippen LogP contribution is -2.29. The number of hydrogen-bond donors (Lipinski definition) is 3. The Kier molecular flexibility index (Phi) is 6.91. The molecule has 1 saturated heterocycles. The maximum absolute atomic E-state index is 12.0. The van der Waals surface area contributed by atoms with Gasteiger partial charge >= 0.3 is 0 Å².